The van der Waals surface area contributed by atoms with Gasteiger partial charge < -0.3 is 8.98 Å². The number of hydrogen-bond acceptors (Lipinski definition) is 2. The molecule has 2 aromatic heterocycles. The van der Waals surface area contributed by atoms with Gasteiger partial charge in [0.1, 0.15) is 11.2 Å². The van der Waals surface area contributed by atoms with Gasteiger partial charge in [-0.1, -0.05) is 50.2 Å². The Morgan fingerprint density at radius 2 is 1.32 bits per heavy atom. The number of benzene rings is 5. The fraction of sp³-hybridized carbons (Fsp3) is 0.0882. The normalized spacial score (nSPS) is 13.9. The van der Waals surface area contributed by atoms with Crippen LogP contribution in [0.4, 0.5) is 0 Å². The summed E-state index contributed by atoms with van der Waals surface area (Å²) in [4.78, 5) is 0. The fourth-order valence-electron chi connectivity index (χ4n) is 6.37. The van der Waals surface area contributed by atoms with Crippen molar-refractivity contribution >= 4 is 43.7 Å². The summed E-state index contributed by atoms with van der Waals surface area (Å²) in [6.45, 7) is 4.62. The second kappa shape index (κ2) is 6.90. The van der Waals surface area contributed by atoms with Crippen molar-refractivity contribution < 1.29 is 4.42 Å². The van der Waals surface area contributed by atoms with E-state index in [1.165, 1.54) is 44.1 Å². The fourth-order valence-corrected chi connectivity index (χ4v) is 6.37. The SMILES string of the molecule is CC1(C)c2cc3oc4ccccc4c3cc2-c2cc3c4ccccc4n(-c4ccc(C#N)cc4)c3cc21. The Morgan fingerprint density at radius 3 is 2.11 bits per heavy atom. The van der Waals surface area contributed by atoms with Crippen LogP contribution in [0.25, 0.3) is 60.6 Å². The second-order valence-corrected chi connectivity index (χ2v) is 10.5. The zero-order chi connectivity index (χ0) is 24.9. The molecule has 1 aliphatic carbocycles. The molecule has 5 aromatic carbocycles. The van der Waals surface area contributed by atoms with E-state index in [1.807, 2.05) is 36.4 Å². The van der Waals surface area contributed by atoms with Gasteiger partial charge in [-0.3, -0.25) is 0 Å². The highest BCUT2D eigenvalue weighted by molar-refractivity contribution is 6.13. The standard InChI is InChI=1S/C34H22N2O/c1-34(2)28-17-31-26(22-7-3-5-9-30(22)36(31)21-13-11-20(19-35)12-14-21)15-24(28)25-16-27-23-8-4-6-10-32(23)37-33(27)18-29(25)34/h3-18H,1-2H3. The van der Waals surface area contributed by atoms with Gasteiger partial charge >= 0.3 is 0 Å². The average Bonchev–Trinajstić information content (AvgIpc) is 3.53. The van der Waals surface area contributed by atoms with E-state index >= 15 is 0 Å². The first-order valence-corrected chi connectivity index (χ1v) is 12.6. The molecule has 3 nitrogen and oxygen atoms in total. The molecule has 3 heteroatoms. The average molecular weight is 475 g/mol. The Bertz CT molecular complexity index is 2110. The maximum absolute atomic E-state index is 9.30. The molecule has 0 N–H and O–H groups in total. The van der Waals surface area contributed by atoms with Gasteiger partial charge in [0.25, 0.3) is 0 Å². The number of hydrogen-bond donors (Lipinski definition) is 0. The predicted molar refractivity (Wildman–Crippen MR) is 150 cm³/mol. The molecule has 0 atom stereocenters. The molecular weight excluding hydrogens is 452 g/mol. The minimum atomic E-state index is -0.169. The largest absolute Gasteiger partial charge is 0.456 e. The van der Waals surface area contributed by atoms with Crippen molar-refractivity contribution in [2.75, 3.05) is 0 Å². The lowest BCUT2D eigenvalue weighted by molar-refractivity contribution is 0.647. The van der Waals surface area contributed by atoms with Crippen molar-refractivity contribution in [2.45, 2.75) is 19.3 Å². The molecule has 0 saturated carbocycles. The van der Waals surface area contributed by atoms with Gasteiger partial charge in [-0.2, -0.15) is 5.26 Å². The number of nitrogens with zero attached hydrogens (tertiary/aromatic N) is 2. The van der Waals surface area contributed by atoms with Gasteiger partial charge in [-0.05, 0) is 82.9 Å². The van der Waals surface area contributed by atoms with Crippen LogP contribution in [-0.2, 0) is 5.41 Å². The minimum Gasteiger partial charge on any atom is -0.456 e. The van der Waals surface area contributed by atoms with E-state index in [4.69, 9.17) is 4.42 Å². The highest BCUT2D eigenvalue weighted by Gasteiger charge is 2.37. The van der Waals surface area contributed by atoms with E-state index in [2.05, 4.69) is 85.1 Å². The highest BCUT2D eigenvalue weighted by Crippen LogP contribution is 2.52. The van der Waals surface area contributed by atoms with Crippen LogP contribution in [0.5, 0.6) is 0 Å². The topological polar surface area (TPSA) is 41.9 Å². The zero-order valence-electron chi connectivity index (χ0n) is 20.5. The summed E-state index contributed by atoms with van der Waals surface area (Å²) in [7, 11) is 0. The molecule has 0 amide bonds. The molecule has 0 spiro atoms. The third kappa shape index (κ3) is 2.60. The van der Waals surface area contributed by atoms with Crippen molar-refractivity contribution in [1.82, 2.24) is 4.57 Å². The van der Waals surface area contributed by atoms with Crippen LogP contribution < -0.4 is 0 Å². The van der Waals surface area contributed by atoms with Gasteiger partial charge in [-0.25, -0.2) is 0 Å². The molecule has 7 aromatic rings. The summed E-state index contributed by atoms with van der Waals surface area (Å²) in [6, 6.07) is 36.3. The van der Waals surface area contributed by atoms with Crippen LogP contribution in [0.1, 0.15) is 30.5 Å². The molecule has 2 heterocycles. The lowest BCUT2D eigenvalue weighted by atomic mass is 9.82. The molecule has 37 heavy (non-hydrogen) atoms. The number of aromatic nitrogens is 1. The lowest BCUT2D eigenvalue weighted by Crippen LogP contribution is -2.15. The predicted octanol–water partition coefficient (Wildman–Crippen LogP) is 8.86. The van der Waals surface area contributed by atoms with Crippen molar-refractivity contribution in [3.63, 3.8) is 0 Å². The minimum absolute atomic E-state index is 0.169. The van der Waals surface area contributed by atoms with Gasteiger partial charge in [0.05, 0.1) is 22.7 Å². The maximum atomic E-state index is 9.30. The maximum Gasteiger partial charge on any atom is 0.135 e. The number of para-hydroxylation sites is 2. The van der Waals surface area contributed by atoms with Gasteiger partial charge in [0, 0.05) is 32.6 Å². The lowest BCUT2D eigenvalue weighted by Gasteiger charge is -2.21. The van der Waals surface area contributed by atoms with Crippen LogP contribution in [-0.4, -0.2) is 4.57 Å². The Labute approximate surface area is 213 Å². The summed E-state index contributed by atoms with van der Waals surface area (Å²) in [5.41, 5.74) is 11.0. The van der Waals surface area contributed by atoms with Crippen LogP contribution in [0.2, 0.25) is 0 Å². The van der Waals surface area contributed by atoms with Crippen LogP contribution in [0.3, 0.4) is 0 Å². The molecule has 1 aliphatic rings. The smallest absolute Gasteiger partial charge is 0.135 e. The molecule has 0 aliphatic heterocycles. The van der Waals surface area contributed by atoms with E-state index in [0.717, 1.165) is 27.6 Å². The summed E-state index contributed by atoms with van der Waals surface area (Å²) in [5, 5.41) is 14.1. The van der Waals surface area contributed by atoms with Crippen LogP contribution in [0.15, 0.2) is 101 Å². The first-order valence-electron chi connectivity index (χ1n) is 12.6. The van der Waals surface area contributed by atoms with Crippen LogP contribution in [0, 0.1) is 11.3 Å². The molecule has 8 rings (SSSR count). The van der Waals surface area contributed by atoms with Crippen molar-refractivity contribution in [3.8, 4) is 22.9 Å². The Morgan fingerprint density at radius 1 is 0.649 bits per heavy atom. The third-order valence-corrected chi connectivity index (χ3v) is 8.22. The van der Waals surface area contributed by atoms with Crippen LogP contribution >= 0.6 is 0 Å². The zero-order valence-corrected chi connectivity index (χ0v) is 20.5. The molecule has 0 saturated heterocycles. The quantitative estimate of drug-likeness (QED) is 0.238. The van der Waals surface area contributed by atoms with Crippen molar-refractivity contribution in [2.24, 2.45) is 0 Å². The number of fused-ring (bicyclic) bond motifs is 9. The first kappa shape index (κ1) is 20.4. The third-order valence-electron chi connectivity index (χ3n) is 8.22. The highest BCUT2D eigenvalue weighted by atomic mass is 16.3. The molecule has 174 valence electrons. The Balaban J connectivity index is 1.46. The number of rotatable bonds is 1. The van der Waals surface area contributed by atoms with Crippen molar-refractivity contribution in [3.05, 3.63) is 114 Å². The summed E-state index contributed by atoms with van der Waals surface area (Å²) in [6.07, 6.45) is 0. The summed E-state index contributed by atoms with van der Waals surface area (Å²) in [5.74, 6) is 0. The monoisotopic (exact) mass is 474 g/mol. The molecule has 0 bridgehead atoms. The van der Waals surface area contributed by atoms with Gasteiger partial charge in [0.15, 0.2) is 0 Å². The molecule has 0 radical (unpaired) electrons. The van der Waals surface area contributed by atoms with E-state index in [-0.39, 0.29) is 5.41 Å². The first-order chi connectivity index (χ1) is 18.0. The second-order valence-electron chi connectivity index (χ2n) is 10.5. The Kier molecular flexibility index (Phi) is 3.80. The van der Waals surface area contributed by atoms with Crippen molar-refractivity contribution in [1.29, 1.82) is 5.26 Å². The summed E-state index contributed by atoms with van der Waals surface area (Å²) >= 11 is 0. The number of nitriles is 1. The molecule has 0 unspecified atom stereocenters. The number of furan rings is 1. The summed E-state index contributed by atoms with van der Waals surface area (Å²) < 4.78 is 8.58. The molecular formula is C34H22N2O. The van der Waals surface area contributed by atoms with E-state index in [1.54, 1.807) is 0 Å². The molecule has 0 fully saturated rings. The van der Waals surface area contributed by atoms with Gasteiger partial charge in [0.2, 0.25) is 0 Å². The van der Waals surface area contributed by atoms with Gasteiger partial charge in [-0.15, -0.1) is 0 Å². The van der Waals surface area contributed by atoms with E-state index in [0.29, 0.717) is 5.56 Å². The van der Waals surface area contributed by atoms with E-state index in [9.17, 15) is 5.26 Å². The Hall–Kier alpha value is -4.81. The van der Waals surface area contributed by atoms with E-state index < -0.39 is 0 Å².